The summed E-state index contributed by atoms with van der Waals surface area (Å²) in [5.74, 6) is -0.938. The summed E-state index contributed by atoms with van der Waals surface area (Å²) < 4.78 is 9.67. The minimum atomic E-state index is -0.938. The van der Waals surface area contributed by atoms with Crippen molar-refractivity contribution in [2.75, 3.05) is 20.6 Å². The Morgan fingerprint density at radius 2 is 2.12 bits per heavy atom. The second-order valence-electron chi connectivity index (χ2n) is 3.14. The van der Waals surface area contributed by atoms with Gasteiger partial charge in [-0.05, 0) is 5.56 Å². The Labute approximate surface area is 94.0 Å². The molecule has 0 unspecified atom stereocenters. The summed E-state index contributed by atoms with van der Waals surface area (Å²) in [6.45, 7) is 0.258. The lowest BCUT2D eigenvalue weighted by Crippen LogP contribution is -2.30. The molecule has 5 nitrogen and oxygen atoms in total. The van der Waals surface area contributed by atoms with Crippen LogP contribution in [0.1, 0.15) is 11.6 Å². The lowest BCUT2D eigenvalue weighted by Gasteiger charge is -2.14. The summed E-state index contributed by atoms with van der Waals surface area (Å²) >= 11 is 0. The number of rotatable bonds is 7. The Morgan fingerprint density at radius 1 is 1.44 bits per heavy atom. The van der Waals surface area contributed by atoms with Crippen molar-refractivity contribution in [2.24, 2.45) is 0 Å². The van der Waals surface area contributed by atoms with E-state index in [9.17, 15) is 4.79 Å². The van der Waals surface area contributed by atoms with Crippen molar-refractivity contribution >= 4 is 5.97 Å². The van der Waals surface area contributed by atoms with Crippen LogP contribution >= 0.6 is 0 Å². The van der Waals surface area contributed by atoms with Gasteiger partial charge in [0.2, 0.25) is 0 Å². The van der Waals surface area contributed by atoms with Crippen LogP contribution in [0.2, 0.25) is 0 Å². The number of hydrogen-bond acceptors (Lipinski definition) is 4. The van der Waals surface area contributed by atoms with E-state index in [1.165, 1.54) is 7.11 Å². The van der Waals surface area contributed by atoms with Crippen LogP contribution < -0.4 is 5.32 Å². The van der Waals surface area contributed by atoms with E-state index in [1.54, 1.807) is 24.3 Å². The minimum Gasteiger partial charge on any atom is -0.480 e. The molecule has 5 heteroatoms. The molecule has 0 spiro atoms. The van der Waals surface area contributed by atoms with E-state index < -0.39 is 12.0 Å². The lowest BCUT2D eigenvalue weighted by atomic mass is 10.1. The molecule has 0 bridgehead atoms. The number of ether oxygens (including phenoxy) is 2. The molecule has 16 heavy (non-hydrogen) atoms. The summed E-state index contributed by atoms with van der Waals surface area (Å²) in [5, 5.41) is 11.8. The molecule has 0 saturated carbocycles. The van der Waals surface area contributed by atoms with Crippen LogP contribution in [-0.2, 0) is 14.3 Å². The van der Waals surface area contributed by atoms with Gasteiger partial charge in [0.15, 0.2) is 0 Å². The number of carbonyl (C=O) groups is 1. The Bertz CT molecular complexity index is 315. The molecule has 1 aromatic carbocycles. The molecule has 0 radical (unpaired) electrons. The van der Waals surface area contributed by atoms with Gasteiger partial charge in [-0.3, -0.25) is 10.1 Å². The van der Waals surface area contributed by atoms with Crippen molar-refractivity contribution in [2.45, 2.75) is 6.04 Å². The molecule has 88 valence electrons. The van der Waals surface area contributed by atoms with Crippen LogP contribution in [0.4, 0.5) is 0 Å². The first kappa shape index (κ1) is 12.6. The molecule has 2 N–H and O–H groups in total. The molecule has 0 aliphatic rings. The Hall–Kier alpha value is -1.43. The second-order valence-corrected chi connectivity index (χ2v) is 3.14. The maximum atomic E-state index is 11.0. The quantitative estimate of drug-likeness (QED) is 0.535. The largest absolute Gasteiger partial charge is 0.480 e. The molecule has 0 aliphatic heterocycles. The first-order chi connectivity index (χ1) is 7.75. The number of methoxy groups -OCH3 is 1. The minimum absolute atomic E-state index is 0.125. The lowest BCUT2D eigenvalue weighted by molar-refractivity contribution is -0.140. The fourth-order valence-corrected chi connectivity index (χ4v) is 1.26. The van der Waals surface area contributed by atoms with Crippen molar-refractivity contribution in [1.82, 2.24) is 5.32 Å². The zero-order valence-corrected chi connectivity index (χ0v) is 9.05. The summed E-state index contributed by atoms with van der Waals surface area (Å²) in [7, 11) is 1.51. The zero-order chi connectivity index (χ0) is 11.8. The van der Waals surface area contributed by atoms with E-state index in [0.29, 0.717) is 5.56 Å². The van der Waals surface area contributed by atoms with Gasteiger partial charge in [-0.1, -0.05) is 30.3 Å². The molecule has 0 amide bonds. The van der Waals surface area contributed by atoms with Crippen LogP contribution in [0.3, 0.4) is 0 Å². The van der Waals surface area contributed by atoms with Crippen LogP contribution in [0.25, 0.3) is 0 Å². The molecule has 1 atom stereocenters. The maximum Gasteiger partial charge on any atom is 0.325 e. The third-order valence-electron chi connectivity index (χ3n) is 1.97. The highest BCUT2D eigenvalue weighted by atomic mass is 16.7. The molecule has 0 aliphatic carbocycles. The first-order valence-corrected chi connectivity index (χ1v) is 4.83. The monoisotopic (exact) mass is 225 g/mol. The van der Waals surface area contributed by atoms with E-state index in [1.807, 2.05) is 6.07 Å². The normalized spacial score (nSPS) is 12.3. The van der Waals surface area contributed by atoms with Gasteiger partial charge in [0, 0.05) is 7.11 Å². The molecule has 0 saturated heterocycles. The average Bonchev–Trinajstić information content (AvgIpc) is 2.30. The molecule has 0 aromatic heterocycles. The summed E-state index contributed by atoms with van der Waals surface area (Å²) in [4.78, 5) is 11.0. The summed E-state index contributed by atoms with van der Waals surface area (Å²) in [5.41, 5.74) is 0.691. The predicted molar refractivity (Wildman–Crippen MR) is 57.8 cm³/mol. The van der Waals surface area contributed by atoms with E-state index >= 15 is 0 Å². The number of hydrogen-bond donors (Lipinski definition) is 2. The first-order valence-electron chi connectivity index (χ1n) is 4.83. The van der Waals surface area contributed by atoms with E-state index in [-0.39, 0.29) is 13.5 Å². The number of nitrogens with one attached hydrogen (secondary N) is 1. The van der Waals surface area contributed by atoms with Gasteiger partial charge in [0.1, 0.15) is 19.6 Å². The number of carboxylic acids is 1. The zero-order valence-electron chi connectivity index (χ0n) is 9.05. The highest BCUT2D eigenvalue weighted by Gasteiger charge is 2.18. The van der Waals surface area contributed by atoms with Gasteiger partial charge in [0.25, 0.3) is 0 Å². The van der Waals surface area contributed by atoms with Crippen LogP contribution in [0.15, 0.2) is 30.3 Å². The fraction of sp³-hybridized carbons (Fsp3) is 0.364. The number of benzene rings is 1. The van der Waals surface area contributed by atoms with E-state index in [2.05, 4.69) is 10.1 Å². The van der Waals surface area contributed by atoms with Gasteiger partial charge < -0.3 is 14.6 Å². The predicted octanol–water partition coefficient (Wildman–Crippen LogP) is 0.980. The van der Waals surface area contributed by atoms with E-state index in [0.717, 1.165) is 0 Å². The smallest absolute Gasteiger partial charge is 0.325 e. The third kappa shape index (κ3) is 3.98. The molecular formula is C11H15NO4. The second kappa shape index (κ2) is 6.95. The highest BCUT2D eigenvalue weighted by Crippen LogP contribution is 2.11. The highest BCUT2D eigenvalue weighted by molar-refractivity contribution is 5.75. The number of aliphatic carboxylic acids is 1. The summed E-state index contributed by atoms with van der Waals surface area (Å²) in [6.07, 6.45) is 0. The molecule has 0 fully saturated rings. The molecule has 0 heterocycles. The maximum absolute atomic E-state index is 11.0. The van der Waals surface area contributed by atoms with Crippen molar-refractivity contribution in [3.8, 4) is 0 Å². The van der Waals surface area contributed by atoms with Gasteiger partial charge in [-0.25, -0.2) is 0 Å². The summed E-state index contributed by atoms with van der Waals surface area (Å²) in [6, 6.07) is 8.16. The van der Waals surface area contributed by atoms with Gasteiger partial charge in [-0.15, -0.1) is 0 Å². The van der Waals surface area contributed by atoms with Crippen molar-refractivity contribution in [1.29, 1.82) is 0 Å². The average molecular weight is 225 g/mol. The molecular weight excluding hydrogens is 210 g/mol. The Morgan fingerprint density at radius 3 is 2.69 bits per heavy atom. The van der Waals surface area contributed by atoms with Crippen LogP contribution in [0.5, 0.6) is 0 Å². The van der Waals surface area contributed by atoms with Gasteiger partial charge in [-0.2, -0.15) is 0 Å². The third-order valence-corrected chi connectivity index (χ3v) is 1.97. The van der Waals surface area contributed by atoms with Crippen molar-refractivity contribution in [3.05, 3.63) is 35.9 Å². The topological polar surface area (TPSA) is 67.8 Å². The van der Waals surface area contributed by atoms with Crippen LogP contribution in [0, 0.1) is 0 Å². The Balaban J connectivity index is 2.52. The van der Waals surface area contributed by atoms with Crippen molar-refractivity contribution < 1.29 is 19.4 Å². The molecule has 1 aromatic rings. The van der Waals surface area contributed by atoms with Gasteiger partial charge >= 0.3 is 5.97 Å². The SMILES string of the molecule is COCOCN[C@@H](C(=O)O)c1ccccc1. The fourth-order valence-electron chi connectivity index (χ4n) is 1.26. The van der Waals surface area contributed by atoms with Gasteiger partial charge in [0.05, 0.1) is 0 Å². The molecule has 1 rings (SSSR count). The van der Waals surface area contributed by atoms with E-state index in [4.69, 9.17) is 9.84 Å². The Kier molecular flexibility index (Phi) is 5.49. The standard InChI is InChI=1S/C11H15NO4/c1-15-8-16-7-12-10(11(13)14)9-5-3-2-4-6-9/h2-6,10,12H,7-8H2,1H3,(H,13,14)/t10-/m1/s1. The number of carboxylic acid groups (broad SMARTS) is 1. The van der Waals surface area contributed by atoms with Crippen molar-refractivity contribution in [3.63, 3.8) is 0 Å². The van der Waals surface area contributed by atoms with Crippen LogP contribution in [-0.4, -0.2) is 31.7 Å².